The summed E-state index contributed by atoms with van der Waals surface area (Å²) in [6.45, 7) is 4.44. The van der Waals surface area contributed by atoms with Crippen LogP contribution in [-0.2, 0) is 16.6 Å². The fourth-order valence-corrected chi connectivity index (χ4v) is 3.48. The van der Waals surface area contributed by atoms with Crippen LogP contribution in [0.1, 0.15) is 16.7 Å². The first-order chi connectivity index (χ1) is 11.4. The van der Waals surface area contributed by atoms with Crippen molar-refractivity contribution in [1.29, 1.82) is 0 Å². The van der Waals surface area contributed by atoms with Crippen molar-refractivity contribution in [3.63, 3.8) is 0 Å². The summed E-state index contributed by atoms with van der Waals surface area (Å²) in [5.41, 5.74) is 3.55. The molecule has 0 saturated carbocycles. The number of rotatable bonds is 5. The Labute approximate surface area is 142 Å². The van der Waals surface area contributed by atoms with Gasteiger partial charge in [-0.05, 0) is 42.7 Å². The van der Waals surface area contributed by atoms with E-state index in [0.29, 0.717) is 12.2 Å². The molecule has 0 bridgehead atoms. The number of benzene rings is 2. The molecule has 24 heavy (non-hydrogen) atoms. The maximum Gasteiger partial charge on any atom is 0.262 e. The number of aromatic nitrogens is 2. The zero-order chi connectivity index (χ0) is 17.2. The molecule has 6 heteroatoms. The molecule has 0 aliphatic carbocycles. The van der Waals surface area contributed by atoms with Crippen LogP contribution in [0, 0.1) is 13.8 Å². The molecule has 0 aliphatic heterocycles. The minimum absolute atomic E-state index is 0.251. The molecule has 0 atom stereocenters. The van der Waals surface area contributed by atoms with E-state index in [4.69, 9.17) is 0 Å². The van der Waals surface area contributed by atoms with Crippen molar-refractivity contribution in [1.82, 2.24) is 9.78 Å². The Kier molecular flexibility index (Phi) is 4.40. The van der Waals surface area contributed by atoms with Crippen molar-refractivity contribution in [2.45, 2.75) is 25.3 Å². The summed E-state index contributed by atoms with van der Waals surface area (Å²) in [5, 5.41) is 4.21. The van der Waals surface area contributed by atoms with Gasteiger partial charge in [0.1, 0.15) is 0 Å². The molecule has 3 rings (SSSR count). The average Bonchev–Trinajstić information content (AvgIpc) is 2.97. The highest BCUT2D eigenvalue weighted by atomic mass is 32.2. The largest absolute Gasteiger partial charge is 0.276 e. The highest BCUT2D eigenvalue weighted by Gasteiger charge is 2.15. The van der Waals surface area contributed by atoms with E-state index in [0.717, 1.165) is 16.7 Å². The van der Waals surface area contributed by atoms with Crippen LogP contribution in [0.4, 0.5) is 5.69 Å². The fourth-order valence-electron chi connectivity index (χ4n) is 2.37. The van der Waals surface area contributed by atoms with Gasteiger partial charge in [-0.3, -0.25) is 9.40 Å². The predicted molar refractivity (Wildman–Crippen MR) is 94.5 cm³/mol. The second-order valence-electron chi connectivity index (χ2n) is 5.76. The van der Waals surface area contributed by atoms with Gasteiger partial charge in [0.2, 0.25) is 0 Å². The summed E-state index contributed by atoms with van der Waals surface area (Å²) >= 11 is 0. The lowest BCUT2D eigenvalue weighted by Gasteiger charge is -2.08. The molecule has 1 aromatic heterocycles. The average molecular weight is 341 g/mol. The van der Waals surface area contributed by atoms with Gasteiger partial charge >= 0.3 is 0 Å². The molecule has 2 aromatic carbocycles. The van der Waals surface area contributed by atoms with E-state index in [9.17, 15) is 8.42 Å². The summed E-state index contributed by atoms with van der Waals surface area (Å²) in [6, 6.07) is 15.0. The number of hydrogen-bond acceptors (Lipinski definition) is 3. The van der Waals surface area contributed by atoms with Gasteiger partial charge in [0.05, 0.1) is 23.3 Å². The molecule has 0 amide bonds. The topological polar surface area (TPSA) is 64.0 Å². The third kappa shape index (κ3) is 3.65. The maximum absolute atomic E-state index is 12.5. The van der Waals surface area contributed by atoms with Crippen LogP contribution < -0.4 is 4.72 Å². The SMILES string of the molecule is Cc1ccc(S(=O)(=O)Nc2cnn(Cc3ccccc3)c2)cc1C. The van der Waals surface area contributed by atoms with Crippen LogP contribution in [0.3, 0.4) is 0 Å². The molecule has 0 aliphatic rings. The Hall–Kier alpha value is -2.60. The Morgan fingerprint density at radius 2 is 1.79 bits per heavy atom. The molecular weight excluding hydrogens is 322 g/mol. The van der Waals surface area contributed by atoms with Crippen molar-refractivity contribution in [2.75, 3.05) is 4.72 Å². The summed E-state index contributed by atoms with van der Waals surface area (Å²) in [5.74, 6) is 0. The minimum atomic E-state index is -3.62. The molecular formula is C18H19N3O2S. The van der Waals surface area contributed by atoms with E-state index in [1.807, 2.05) is 50.2 Å². The number of aryl methyl sites for hydroxylation is 2. The molecule has 0 radical (unpaired) electrons. The lowest BCUT2D eigenvalue weighted by atomic mass is 10.1. The Morgan fingerprint density at radius 1 is 1.04 bits per heavy atom. The van der Waals surface area contributed by atoms with Gasteiger partial charge in [0, 0.05) is 6.20 Å². The smallest absolute Gasteiger partial charge is 0.262 e. The van der Waals surface area contributed by atoms with Gasteiger partial charge in [0.15, 0.2) is 0 Å². The minimum Gasteiger partial charge on any atom is -0.276 e. The van der Waals surface area contributed by atoms with Crippen molar-refractivity contribution >= 4 is 15.7 Å². The third-order valence-electron chi connectivity index (χ3n) is 3.86. The van der Waals surface area contributed by atoms with E-state index in [1.165, 1.54) is 6.20 Å². The van der Waals surface area contributed by atoms with Gasteiger partial charge < -0.3 is 0 Å². The van der Waals surface area contributed by atoms with Crippen LogP contribution in [0.2, 0.25) is 0 Å². The second-order valence-corrected chi connectivity index (χ2v) is 7.45. The van der Waals surface area contributed by atoms with Crippen LogP contribution in [0.5, 0.6) is 0 Å². The van der Waals surface area contributed by atoms with Crippen molar-refractivity contribution < 1.29 is 8.42 Å². The van der Waals surface area contributed by atoms with E-state index in [1.54, 1.807) is 23.0 Å². The molecule has 3 aromatic rings. The van der Waals surface area contributed by atoms with Crippen LogP contribution in [0.15, 0.2) is 65.8 Å². The lowest BCUT2D eigenvalue weighted by Crippen LogP contribution is -2.12. The molecule has 1 N–H and O–H groups in total. The quantitative estimate of drug-likeness (QED) is 0.774. The summed E-state index contributed by atoms with van der Waals surface area (Å²) < 4.78 is 29.2. The van der Waals surface area contributed by atoms with Crippen LogP contribution in [-0.4, -0.2) is 18.2 Å². The Morgan fingerprint density at radius 3 is 2.50 bits per heavy atom. The standard InChI is InChI=1S/C18H19N3O2S/c1-14-8-9-18(10-15(14)2)24(22,23)20-17-11-19-21(13-17)12-16-6-4-3-5-7-16/h3-11,13,20H,12H2,1-2H3. The highest BCUT2D eigenvalue weighted by Crippen LogP contribution is 2.18. The first kappa shape index (κ1) is 16.3. The maximum atomic E-state index is 12.5. The molecule has 0 unspecified atom stereocenters. The molecule has 5 nitrogen and oxygen atoms in total. The summed E-state index contributed by atoms with van der Waals surface area (Å²) in [7, 11) is -3.62. The van der Waals surface area contributed by atoms with E-state index < -0.39 is 10.0 Å². The molecule has 124 valence electrons. The van der Waals surface area contributed by atoms with E-state index in [-0.39, 0.29) is 4.90 Å². The zero-order valence-corrected chi connectivity index (χ0v) is 14.4. The van der Waals surface area contributed by atoms with Crippen LogP contribution in [0.25, 0.3) is 0 Å². The Bertz CT molecular complexity index is 947. The fraction of sp³-hybridized carbons (Fsp3) is 0.167. The van der Waals surface area contributed by atoms with Crippen molar-refractivity contribution in [2.24, 2.45) is 0 Å². The molecule has 0 fully saturated rings. The highest BCUT2D eigenvalue weighted by molar-refractivity contribution is 7.92. The Balaban J connectivity index is 1.77. The number of hydrogen-bond donors (Lipinski definition) is 1. The normalized spacial score (nSPS) is 11.4. The number of nitrogens with zero attached hydrogens (tertiary/aromatic N) is 2. The molecule has 1 heterocycles. The first-order valence-corrected chi connectivity index (χ1v) is 9.09. The van der Waals surface area contributed by atoms with Crippen LogP contribution >= 0.6 is 0 Å². The summed E-state index contributed by atoms with van der Waals surface area (Å²) in [6.07, 6.45) is 3.20. The number of anilines is 1. The number of sulfonamides is 1. The van der Waals surface area contributed by atoms with Gasteiger partial charge in [-0.25, -0.2) is 8.42 Å². The van der Waals surface area contributed by atoms with Gasteiger partial charge in [0.25, 0.3) is 10.0 Å². The molecule has 0 saturated heterocycles. The number of nitrogens with one attached hydrogen (secondary N) is 1. The molecule has 0 spiro atoms. The summed E-state index contributed by atoms with van der Waals surface area (Å²) in [4.78, 5) is 0.251. The van der Waals surface area contributed by atoms with Crippen molar-refractivity contribution in [3.05, 3.63) is 77.6 Å². The van der Waals surface area contributed by atoms with E-state index in [2.05, 4.69) is 9.82 Å². The third-order valence-corrected chi connectivity index (χ3v) is 5.24. The van der Waals surface area contributed by atoms with E-state index >= 15 is 0 Å². The second kappa shape index (κ2) is 6.49. The lowest BCUT2D eigenvalue weighted by molar-refractivity contribution is 0.601. The van der Waals surface area contributed by atoms with Gasteiger partial charge in [-0.1, -0.05) is 36.4 Å². The van der Waals surface area contributed by atoms with Crippen molar-refractivity contribution in [3.8, 4) is 0 Å². The first-order valence-electron chi connectivity index (χ1n) is 7.60. The predicted octanol–water partition coefficient (Wildman–Crippen LogP) is 3.35. The van der Waals surface area contributed by atoms with Gasteiger partial charge in [-0.2, -0.15) is 5.10 Å². The monoisotopic (exact) mass is 341 g/mol. The van der Waals surface area contributed by atoms with Gasteiger partial charge in [-0.15, -0.1) is 0 Å². The zero-order valence-electron chi connectivity index (χ0n) is 13.6.